The molecule has 2 fully saturated rings. The summed E-state index contributed by atoms with van der Waals surface area (Å²) in [5.74, 6) is -2.31. The Kier molecular flexibility index (Phi) is 10.7. The molecular weight excluding hydrogens is 495 g/mol. The number of carbonyl (C=O) groups is 2. The Morgan fingerprint density at radius 2 is 1.83 bits per heavy atom. The summed E-state index contributed by atoms with van der Waals surface area (Å²) >= 11 is 0. The standard InChI is InChI=1S/C19H29N3O5S.C2HF3O2/c1-2-26-16-5-7-18(8-6-16)28(24,25)22(14-17-4-3-13-27-17)15-19(23)21-11-9-20-10-12-21;3-2(4,5)1(6)7/h5-8,17,20H,2-4,9-15H2,1H3;(H,6,7). The molecule has 1 aromatic rings. The zero-order valence-corrected chi connectivity index (χ0v) is 20.1. The highest BCUT2D eigenvalue weighted by Crippen LogP contribution is 2.22. The van der Waals surface area contributed by atoms with Crippen LogP contribution in [0.1, 0.15) is 19.8 Å². The number of nitrogens with one attached hydrogen (secondary N) is 1. The smallest absolute Gasteiger partial charge is 0.490 e. The molecule has 10 nitrogen and oxygen atoms in total. The fraction of sp³-hybridized carbons (Fsp3) is 0.619. The average Bonchev–Trinajstić information content (AvgIpc) is 3.33. The molecule has 35 heavy (non-hydrogen) atoms. The van der Waals surface area contributed by atoms with Crippen LogP contribution < -0.4 is 10.1 Å². The van der Waals surface area contributed by atoms with Crippen LogP contribution in [0.2, 0.25) is 0 Å². The van der Waals surface area contributed by atoms with E-state index < -0.39 is 22.2 Å². The molecule has 0 saturated carbocycles. The molecule has 0 aliphatic carbocycles. The molecule has 1 unspecified atom stereocenters. The normalized spacial score (nSPS) is 18.7. The number of nitrogens with zero attached hydrogens (tertiary/aromatic N) is 2. The molecule has 1 amide bonds. The molecular formula is C21H30F3N3O7S. The van der Waals surface area contributed by atoms with Gasteiger partial charge in [0.15, 0.2) is 0 Å². The zero-order chi connectivity index (χ0) is 26.1. The Morgan fingerprint density at radius 1 is 1.23 bits per heavy atom. The van der Waals surface area contributed by atoms with Crippen molar-refractivity contribution in [3.8, 4) is 5.75 Å². The maximum atomic E-state index is 13.3. The number of rotatable bonds is 8. The van der Waals surface area contributed by atoms with E-state index in [1.807, 2.05) is 6.92 Å². The average molecular weight is 526 g/mol. The first kappa shape index (κ1) is 28.8. The number of hydrogen-bond donors (Lipinski definition) is 2. The second-order valence-corrected chi connectivity index (χ2v) is 9.71. The molecule has 3 rings (SSSR count). The van der Waals surface area contributed by atoms with Gasteiger partial charge in [-0.3, -0.25) is 4.79 Å². The lowest BCUT2D eigenvalue weighted by Crippen LogP contribution is -2.51. The van der Waals surface area contributed by atoms with Gasteiger partial charge in [-0.25, -0.2) is 13.2 Å². The minimum Gasteiger partial charge on any atom is -0.494 e. The number of halogens is 3. The quantitative estimate of drug-likeness (QED) is 0.521. The Balaban J connectivity index is 0.000000540. The van der Waals surface area contributed by atoms with E-state index in [2.05, 4.69) is 5.32 Å². The number of piperazine rings is 1. The maximum Gasteiger partial charge on any atom is 0.490 e. The number of benzene rings is 1. The topological polar surface area (TPSA) is 125 Å². The van der Waals surface area contributed by atoms with Gasteiger partial charge < -0.3 is 24.8 Å². The Labute approximate surface area is 202 Å². The first-order valence-electron chi connectivity index (χ1n) is 11.1. The first-order chi connectivity index (χ1) is 16.4. The predicted molar refractivity (Wildman–Crippen MR) is 118 cm³/mol. The van der Waals surface area contributed by atoms with Crippen LogP contribution in [-0.4, -0.2) is 99.4 Å². The number of sulfonamides is 1. The minimum atomic E-state index is -5.08. The fourth-order valence-corrected chi connectivity index (χ4v) is 4.87. The Hall–Kier alpha value is -2.42. The minimum absolute atomic E-state index is 0.155. The lowest BCUT2D eigenvalue weighted by molar-refractivity contribution is -0.192. The SMILES string of the molecule is CCOc1ccc(S(=O)(=O)N(CC(=O)N2CCNCC2)CC2CCCO2)cc1.O=C(O)C(F)(F)F. The van der Waals surface area contributed by atoms with Crippen LogP contribution >= 0.6 is 0 Å². The van der Waals surface area contributed by atoms with Crippen molar-refractivity contribution in [3.63, 3.8) is 0 Å². The van der Waals surface area contributed by atoms with Crippen LogP contribution in [0.3, 0.4) is 0 Å². The third-order valence-corrected chi connectivity index (χ3v) is 7.05. The van der Waals surface area contributed by atoms with E-state index in [-0.39, 0.29) is 30.0 Å². The van der Waals surface area contributed by atoms with Crippen LogP contribution in [0.5, 0.6) is 5.75 Å². The van der Waals surface area contributed by atoms with Gasteiger partial charge in [0.25, 0.3) is 0 Å². The van der Waals surface area contributed by atoms with Gasteiger partial charge in [-0.2, -0.15) is 17.5 Å². The van der Waals surface area contributed by atoms with Gasteiger partial charge >= 0.3 is 12.1 Å². The summed E-state index contributed by atoms with van der Waals surface area (Å²) in [6.45, 7) is 5.67. The number of aliphatic carboxylic acids is 1. The molecule has 0 bridgehead atoms. The van der Waals surface area contributed by atoms with Gasteiger partial charge in [-0.15, -0.1) is 0 Å². The highest BCUT2D eigenvalue weighted by molar-refractivity contribution is 7.89. The van der Waals surface area contributed by atoms with Gasteiger partial charge in [0, 0.05) is 39.3 Å². The monoisotopic (exact) mass is 525 g/mol. The van der Waals surface area contributed by atoms with Crippen molar-refractivity contribution >= 4 is 21.9 Å². The highest BCUT2D eigenvalue weighted by Gasteiger charge is 2.38. The summed E-state index contributed by atoms with van der Waals surface area (Å²) in [5.41, 5.74) is 0. The maximum absolute atomic E-state index is 13.3. The molecule has 14 heteroatoms. The van der Waals surface area contributed by atoms with E-state index in [9.17, 15) is 26.4 Å². The van der Waals surface area contributed by atoms with Crippen molar-refractivity contribution in [2.45, 2.75) is 36.9 Å². The predicted octanol–water partition coefficient (Wildman–Crippen LogP) is 1.32. The van der Waals surface area contributed by atoms with Gasteiger partial charge in [-0.05, 0) is 44.0 Å². The van der Waals surface area contributed by atoms with E-state index in [1.165, 1.54) is 16.4 Å². The Bertz CT molecular complexity index is 930. The fourth-order valence-electron chi connectivity index (χ4n) is 3.45. The van der Waals surface area contributed by atoms with Gasteiger partial charge in [0.1, 0.15) is 5.75 Å². The van der Waals surface area contributed by atoms with Crippen LogP contribution in [-0.2, 0) is 24.3 Å². The lowest BCUT2D eigenvalue weighted by Gasteiger charge is -2.31. The number of carboxylic acid groups (broad SMARTS) is 1. The number of carboxylic acids is 1. The van der Waals surface area contributed by atoms with Crippen molar-refractivity contribution < 1.29 is 45.8 Å². The van der Waals surface area contributed by atoms with Gasteiger partial charge in [0.05, 0.1) is 24.2 Å². The molecule has 2 saturated heterocycles. The number of hydrogen-bond acceptors (Lipinski definition) is 7. The molecule has 2 aliphatic rings. The summed E-state index contributed by atoms with van der Waals surface area (Å²) in [7, 11) is -3.82. The van der Waals surface area contributed by atoms with Crippen molar-refractivity contribution in [2.75, 3.05) is 52.5 Å². The zero-order valence-electron chi connectivity index (χ0n) is 19.3. The summed E-state index contributed by atoms with van der Waals surface area (Å²) in [5, 5.41) is 10.3. The molecule has 2 heterocycles. The summed E-state index contributed by atoms with van der Waals surface area (Å²) in [4.78, 5) is 23.5. The van der Waals surface area contributed by atoms with Crippen molar-refractivity contribution in [1.82, 2.24) is 14.5 Å². The Morgan fingerprint density at radius 3 is 2.31 bits per heavy atom. The number of alkyl halides is 3. The number of ether oxygens (including phenoxy) is 2. The molecule has 0 aromatic heterocycles. The highest BCUT2D eigenvalue weighted by atomic mass is 32.2. The van der Waals surface area contributed by atoms with Crippen LogP contribution in [0.4, 0.5) is 13.2 Å². The third kappa shape index (κ3) is 8.94. The van der Waals surface area contributed by atoms with Crippen molar-refractivity contribution in [2.24, 2.45) is 0 Å². The lowest BCUT2D eigenvalue weighted by atomic mass is 10.2. The van der Waals surface area contributed by atoms with E-state index in [0.717, 1.165) is 25.9 Å². The summed E-state index contributed by atoms with van der Waals surface area (Å²) in [6, 6.07) is 6.33. The molecule has 2 N–H and O–H groups in total. The summed E-state index contributed by atoms with van der Waals surface area (Å²) < 4.78 is 70.5. The first-order valence-corrected chi connectivity index (χ1v) is 12.5. The van der Waals surface area contributed by atoms with Crippen molar-refractivity contribution in [3.05, 3.63) is 24.3 Å². The molecule has 1 aromatic carbocycles. The van der Waals surface area contributed by atoms with E-state index in [4.69, 9.17) is 19.4 Å². The van der Waals surface area contributed by atoms with E-state index in [1.54, 1.807) is 17.0 Å². The second kappa shape index (κ2) is 13.0. The molecule has 2 aliphatic heterocycles. The van der Waals surface area contributed by atoms with Gasteiger partial charge in [-0.1, -0.05) is 0 Å². The molecule has 0 spiro atoms. The number of amides is 1. The molecule has 1 atom stereocenters. The van der Waals surface area contributed by atoms with Crippen LogP contribution in [0, 0.1) is 0 Å². The second-order valence-electron chi connectivity index (χ2n) is 7.77. The third-order valence-electron chi connectivity index (χ3n) is 5.23. The van der Waals surface area contributed by atoms with Crippen molar-refractivity contribution in [1.29, 1.82) is 0 Å². The van der Waals surface area contributed by atoms with Crippen LogP contribution in [0.15, 0.2) is 29.2 Å². The number of carbonyl (C=O) groups excluding carboxylic acids is 1. The van der Waals surface area contributed by atoms with E-state index >= 15 is 0 Å². The van der Waals surface area contributed by atoms with Gasteiger partial charge in [0.2, 0.25) is 15.9 Å². The largest absolute Gasteiger partial charge is 0.494 e. The van der Waals surface area contributed by atoms with Crippen LogP contribution in [0.25, 0.3) is 0 Å². The molecule has 198 valence electrons. The molecule has 0 radical (unpaired) electrons. The summed E-state index contributed by atoms with van der Waals surface area (Å²) in [6.07, 6.45) is -3.54. The van der Waals surface area contributed by atoms with E-state index in [0.29, 0.717) is 32.1 Å².